The van der Waals surface area contributed by atoms with Gasteiger partial charge in [0.05, 0.1) is 23.1 Å². The van der Waals surface area contributed by atoms with E-state index in [1.54, 1.807) is 0 Å². The predicted molar refractivity (Wildman–Crippen MR) is 116 cm³/mol. The van der Waals surface area contributed by atoms with Crippen molar-refractivity contribution in [2.24, 2.45) is 0 Å². The largest absolute Gasteiger partial charge is 0.462 e. The molecule has 3 N–H and O–H groups in total. The Morgan fingerprint density at radius 2 is 1.48 bits per heavy atom. The summed E-state index contributed by atoms with van der Waals surface area (Å²) in [6.45, 7) is 4.97. The van der Waals surface area contributed by atoms with Crippen molar-refractivity contribution in [2.75, 3.05) is 17.2 Å². The molecular weight excluding hydrogens is 422 g/mol. The van der Waals surface area contributed by atoms with Crippen LogP contribution in [0.3, 0.4) is 0 Å². The van der Waals surface area contributed by atoms with Crippen LogP contribution in [0, 0.1) is 0 Å². The highest BCUT2D eigenvalue weighted by molar-refractivity contribution is 7.89. The highest BCUT2D eigenvalue weighted by atomic mass is 32.2. The molecule has 0 radical (unpaired) electrons. The number of rotatable bonds is 9. The number of benzene rings is 2. The van der Waals surface area contributed by atoms with E-state index in [4.69, 9.17) is 4.74 Å². The Morgan fingerprint density at radius 1 is 0.935 bits per heavy atom. The van der Waals surface area contributed by atoms with Crippen molar-refractivity contribution in [1.82, 2.24) is 4.72 Å². The molecule has 9 nitrogen and oxygen atoms in total. The Labute approximate surface area is 181 Å². The van der Waals surface area contributed by atoms with Crippen LogP contribution in [0.15, 0.2) is 53.4 Å². The molecule has 0 saturated heterocycles. The van der Waals surface area contributed by atoms with Crippen molar-refractivity contribution in [2.45, 2.75) is 38.1 Å². The summed E-state index contributed by atoms with van der Waals surface area (Å²) >= 11 is 0. The summed E-state index contributed by atoms with van der Waals surface area (Å²) in [7, 11) is -3.95. The molecule has 2 aromatic carbocycles. The number of nitrogens with one attached hydrogen (secondary N) is 3. The molecule has 0 aliphatic carbocycles. The van der Waals surface area contributed by atoms with Crippen LogP contribution in [0.2, 0.25) is 0 Å². The molecule has 0 aliphatic rings. The van der Waals surface area contributed by atoms with Gasteiger partial charge in [-0.25, -0.2) is 13.2 Å². The van der Waals surface area contributed by atoms with Gasteiger partial charge in [-0.05, 0) is 61.9 Å². The van der Waals surface area contributed by atoms with E-state index in [2.05, 4.69) is 15.4 Å². The molecule has 2 rings (SSSR count). The van der Waals surface area contributed by atoms with Gasteiger partial charge in [0.15, 0.2) is 0 Å². The molecule has 1 atom stereocenters. The van der Waals surface area contributed by atoms with E-state index in [0.717, 1.165) is 0 Å². The summed E-state index contributed by atoms with van der Waals surface area (Å²) in [5.41, 5.74) is 1.21. The van der Waals surface area contributed by atoms with E-state index in [9.17, 15) is 22.8 Å². The van der Waals surface area contributed by atoms with Gasteiger partial charge >= 0.3 is 5.97 Å². The van der Waals surface area contributed by atoms with Gasteiger partial charge in [0.1, 0.15) is 0 Å². The van der Waals surface area contributed by atoms with Crippen LogP contribution in [0.4, 0.5) is 11.4 Å². The second kappa shape index (κ2) is 10.7. The zero-order valence-corrected chi connectivity index (χ0v) is 18.3. The fourth-order valence-corrected chi connectivity index (χ4v) is 3.70. The zero-order valence-electron chi connectivity index (χ0n) is 17.5. The molecule has 31 heavy (non-hydrogen) atoms. The molecule has 0 bridgehead atoms. The number of carbonyl (C=O) groups is 3. The lowest BCUT2D eigenvalue weighted by molar-refractivity contribution is -0.117. The first-order valence-electron chi connectivity index (χ1n) is 9.60. The van der Waals surface area contributed by atoms with Gasteiger partial charge in [-0.3, -0.25) is 9.59 Å². The topological polar surface area (TPSA) is 131 Å². The monoisotopic (exact) mass is 447 g/mol. The Hall–Kier alpha value is -3.24. The summed E-state index contributed by atoms with van der Waals surface area (Å²) in [4.78, 5) is 35.2. The van der Waals surface area contributed by atoms with Gasteiger partial charge in [-0.15, -0.1) is 0 Å². The van der Waals surface area contributed by atoms with Gasteiger partial charge in [0, 0.05) is 18.3 Å². The fraction of sp³-hybridized carbons (Fsp3) is 0.286. The average molecular weight is 448 g/mol. The molecule has 0 spiro atoms. The zero-order chi connectivity index (χ0) is 23.0. The SMILES string of the molecule is CCCOC(=O)c1ccc(NC(=O)C(C)NS(=O)(=O)c2ccc(NC(C)=O)cc2)cc1. The standard InChI is InChI=1S/C21H25N3O6S/c1-4-13-30-21(27)16-5-7-18(8-6-16)23-20(26)14(2)24-31(28,29)19-11-9-17(10-12-19)22-15(3)25/h5-12,14,24H,4,13H2,1-3H3,(H,22,25)(H,23,26). The number of hydrogen-bond acceptors (Lipinski definition) is 6. The van der Waals surface area contributed by atoms with E-state index in [1.165, 1.54) is 62.4 Å². The van der Waals surface area contributed by atoms with Crippen LogP contribution in [0.25, 0.3) is 0 Å². The van der Waals surface area contributed by atoms with Crippen LogP contribution < -0.4 is 15.4 Å². The maximum atomic E-state index is 12.5. The minimum absolute atomic E-state index is 0.0452. The summed E-state index contributed by atoms with van der Waals surface area (Å²) in [5.74, 6) is -1.30. The summed E-state index contributed by atoms with van der Waals surface area (Å²) in [6.07, 6.45) is 0.715. The minimum atomic E-state index is -3.95. The lowest BCUT2D eigenvalue weighted by Crippen LogP contribution is -2.41. The predicted octanol–water partition coefficient (Wildman–Crippen LogP) is 2.52. The third-order valence-corrected chi connectivity index (χ3v) is 5.59. The van der Waals surface area contributed by atoms with Crippen LogP contribution in [0.5, 0.6) is 0 Å². The number of ether oxygens (including phenoxy) is 1. The molecule has 2 aromatic rings. The second-order valence-corrected chi connectivity index (χ2v) is 8.47. The molecule has 10 heteroatoms. The highest BCUT2D eigenvalue weighted by Crippen LogP contribution is 2.15. The van der Waals surface area contributed by atoms with Crippen molar-refractivity contribution in [3.8, 4) is 0 Å². The smallest absolute Gasteiger partial charge is 0.338 e. The first kappa shape index (κ1) is 24.0. The van der Waals surface area contributed by atoms with Crippen LogP contribution in [-0.2, 0) is 24.3 Å². The number of esters is 1. The van der Waals surface area contributed by atoms with Gasteiger partial charge in [0.2, 0.25) is 21.8 Å². The van der Waals surface area contributed by atoms with Crippen molar-refractivity contribution in [1.29, 1.82) is 0 Å². The van der Waals surface area contributed by atoms with E-state index >= 15 is 0 Å². The first-order valence-corrected chi connectivity index (χ1v) is 11.1. The molecule has 0 aromatic heterocycles. The number of carbonyl (C=O) groups excluding carboxylic acids is 3. The number of amides is 2. The molecule has 0 heterocycles. The molecule has 2 amide bonds. The van der Waals surface area contributed by atoms with E-state index in [0.29, 0.717) is 30.0 Å². The van der Waals surface area contributed by atoms with E-state index in [1.807, 2.05) is 6.92 Å². The van der Waals surface area contributed by atoms with E-state index < -0.39 is 27.9 Å². The Bertz CT molecular complexity index is 1030. The number of anilines is 2. The molecule has 0 fully saturated rings. The second-order valence-electron chi connectivity index (χ2n) is 6.75. The third kappa shape index (κ3) is 7.19. The Kier molecular flexibility index (Phi) is 8.29. The van der Waals surface area contributed by atoms with Crippen molar-refractivity contribution in [3.63, 3.8) is 0 Å². The first-order chi connectivity index (χ1) is 14.6. The van der Waals surface area contributed by atoms with Gasteiger partial charge in [-0.1, -0.05) is 6.92 Å². The molecule has 1 unspecified atom stereocenters. The van der Waals surface area contributed by atoms with Gasteiger partial charge < -0.3 is 15.4 Å². The summed E-state index contributed by atoms with van der Waals surface area (Å²) in [6, 6.07) is 10.6. The van der Waals surface area contributed by atoms with Gasteiger partial charge in [-0.2, -0.15) is 4.72 Å². The molecular formula is C21H25N3O6S. The highest BCUT2D eigenvalue weighted by Gasteiger charge is 2.22. The average Bonchev–Trinajstić information content (AvgIpc) is 2.72. The lowest BCUT2D eigenvalue weighted by Gasteiger charge is -2.15. The van der Waals surface area contributed by atoms with Gasteiger partial charge in [0.25, 0.3) is 0 Å². The quantitative estimate of drug-likeness (QED) is 0.506. The number of sulfonamides is 1. The summed E-state index contributed by atoms with van der Waals surface area (Å²) < 4.78 is 32.4. The Balaban J connectivity index is 1.98. The minimum Gasteiger partial charge on any atom is -0.462 e. The summed E-state index contributed by atoms with van der Waals surface area (Å²) in [5, 5.41) is 5.13. The van der Waals surface area contributed by atoms with Crippen LogP contribution in [0.1, 0.15) is 37.6 Å². The van der Waals surface area contributed by atoms with Crippen molar-refractivity contribution >= 4 is 39.2 Å². The maximum Gasteiger partial charge on any atom is 0.338 e. The van der Waals surface area contributed by atoms with Crippen molar-refractivity contribution in [3.05, 3.63) is 54.1 Å². The fourth-order valence-electron chi connectivity index (χ4n) is 2.49. The normalized spacial score (nSPS) is 12.0. The van der Waals surface area contributed by atoms with Crippen molar-refractivity contribution < 1.29 is 27.5 Å². The van der Waals surface area contributed by atoms with Crippen LogP contribution in [-0.4, -0.2) is 38.9 Å². The molecule has 0 saturated carbocycles. The van der Waals surface area contributed by atoms with E-state index in [-0.39, 0.29) is 10.8 Å². The Morgan fingerprint density at radius 3 is 2.03 bits per heavy atom. The van der Waals surface area contributed by atoms with Crippen LogP contribution >= 0.6 is 0 Å². The third-order valence-electron chi connectivity index (χ3n) is 4.04. The molecule has 0 aliphatic heterocycles. The number of hydrogen-bond donors (Lipinski definition) is 3. The molecule has 166 valence electrons. The maximum absolute atomic E-state index is 12.5. The lowest BCUT2D eigenvalue weighted by atomic mass is 10.2.